The van der Waals surface area contributed by atoms with Gasteiger partial charge in [0.2, 0.25) is 0 Å². The molecule has 1 heterocycles. The molecular formula is C13H16N2O4. The number of nitrogens with zero attached hydrogens (tertiary/aromatic N) is 1. The van der Waals surface area contributed by atoms with Gasteiger partial charge in [-0.15, -0.1) is 0 Å². The van der Waals surface area contributed by atoms with Gasteiger partial charge in [0.1, 0.15) is 5.92 Å². The third kappa shape index (κ3) is 2.53. The molecule has 1 aromatic carbocycles. The number of aliphatic carboxylic acids is 1. The van der Waals surface area contributed by atoms with Crippen LogP contribution < -0.4 is 5.73 Å². The second-order valence-corrected chi connectivity index (χ2v) is 4.55. The Balaban J connectivity index is 2.20. The minimum Gasteiger partial charge on any atom is -0.481 e. The van der Waals surface area contributed by atoms with E-state index >= 15 is 0 Å². The molecule has 0 aliphatic carbocycles. The Morgan fingerprint density at radius 1 is 1.37 bits per heavy atom. The van der Waals surface area contributed by atoms with E-state index in [0.717, 1.165) is 0 Å². The number of rotatable bonds is 3. The fourth-order valence-electron chi connectivity index (χ4n) is 2.19. The molecule has 102 valence electrons. The lowest BCUT2D eigenvalue weighted by molar-refractivity contribution is -0.142. The Morgan fingerprint density at radius 2 is 2.05 bits per heavy atom. The van der Waals surface area contributed by atoms with E-state index in [9.17, 15) is 9.59 Å². The molecule has 3 N–H and O–H groups in total. The van der Waals surface area contributed by atoms with Crippen LogP contribution in [0.1, 0.15) is 10.4 Å². The van der Waals surface area contributed by atoms with Crippen LogP contribution in [0.4, 0.5) is 5.69 Å². The summed E-state index contributed by atoms with van der Waals surface area (Å²) in [6.07, 6.45) is 0. The predicted molar refractivity (Wildman–Crippen MR) is 68.7 cm³/mol. The molecule has 2 rings (SSSR count). The van der Waals surface area contributed by atoms with Gasteiger partial charge in [0, 0.05) is 12.7 Å². The summed E-state index contributed by atoms with van der Waals surface area (Å²) >= 11 is 0. The monoisotopic (exact) mass is 264 g/mol. The van der Waals surface area contributed by atoms with Crippen LogP contribution in [-0.4, -0.2) is 48.2 Å². The molecule has 0 spiro atoms. The highest BCUT2D eigenvalue weighted by atomic mass is 16.5. The van der Waals surface area contributed by atoms with Crippen molar-refractivity contribution in [3.05, 3.63) is 29.8 Å². The van der Waals surface area contributed by atoms with Crippen molar-refractivity contribution in [3.63, 3.8) is 0 Å². The lowest BCUT2D eigenvalue weighted by atomic mass is 10.0. The first-order valence-corrected chi connectivity index (χ1v) is 5.94. The number of nitrogens with two attached hydrogens (primary N) is 1. The molecule has 0 aromatic heterocycles. The number of hydrogen-bond donors (Lipinski definition) is 2. The van der Waals surface area contributed by atoms with Gasteiger partial charge in [-0.25, -0.2) is 0 Å². The summed E-state index contributed by atoms with van der Waals surface area (Å²) in [5, 5.41) is 9.10. The summed E-state index contributed by atoms with van der Waals surface area (Å²) in [7, 11) is 1.57. The largest absolute Gasteiger partial charge is 0.481 e. The average Bonchev–Trinajstić information content (AvgIpc) is 2.87. The zero-order valence-electron chi connectivity index (χ0n) is 10.6. The molecule has 0 saturated carbocycles. The zero-order valence-corrected chi connectivity index (χ0v) is 10.6. The first kappa shape index (κ1) is 13.4. The van der Waals surface area contributed by atoms with Crippen molar-refractivity contribution < 1.29 is 19.4 Å². The molecule has 0 radical (unpaired) electrons. The van der Waals surface area contributed by atoms with Crippen LogP contribution in [0.2, 0.25) is 0 Å². The number of anilines is 1. The summed E-state index contributed by atoms with van der Waals surface area (Å²) in [5.41, 5.74) is 6.51. The van der Waals surface area contributed by atoms with Gasteiger partial charge in [0.25, 0.3) is 5.91 Å². The number of carboxylic acid groups (broad SMARTS) is 1. The lowest BCUT2D eigenvalue weighted by Crippen LogP contribution is -2.44. The van der Waals surface area contributed by atoms with Gasteiger partial charge in [-0.05, 0) is 12.1 Å². The molecule has 0 bridgehead atoms. The maximum absolute atomic E-state index is 12.3. The van der Waals surface area contributed by atoms with E-state index in [1.165, 1.54) is 4.90 Å². The summed E-state index contributed by atoms with van der Waals surface area (Å²) in [6.45, 7) is 0.355. The lowest BCUT2D eigenvalue weighted by Gasteiger charge is -2.26. The Bertz CT molecular complexity index is 503. The summed E-state index contributed by atoms with van der Waals surface area (Å²) < 4.78 is 5.16. The number of carbonyl (C=O) groups excluding carboxylic acids is 1. The maximum Gasteiger partial charge on any atom is 0.311 e. The first-order valence-electron chi connectivity index (χ1n) is 5.94. The number of likely N-dealkylation sites (N-methyl/N-ethyl adjacent to an activating group) is 1. The minimum atomic E-state index is -0.955. The second kappa shape index (κ2) is 5.27. The standard InChI is InChI=1S/C13H16N2O4/c1-15(11-7-19-6-9(11)13(17)18)12(16)8-4-2-3-5-10(8)14/h2-5,9,11H,6-7,14H2,1H3,(H,17,18). The average molecular weight is 264 g/mol. The fraction of sp³-hybridized carbons (Fsp3) is 0.385. The summed E-state index contributed by atoms with van der Waals surface area (Å²) in [4.78, 5) is 24.8. The number of hydrogen-bond acceptors (Lipinski definition) is 4. The molecule has 1 aliphatic heterocycles. The zero-order chi connectivity index (χ0) is 14.0. The molecule has 1 amide bonds. The van der Waals surface area contributed by atoms with Crippen LogP contribution in [-0.2, 0) is 9.53 Å². The molecule has 2 unspecified atom stereocenters. The van der Waals surface area contributed by atoms with Crippen LogP contribution in [0.5, 0.6) is 0 Å². The van der Waals surface area contributed by atoms with Crippen LogP contribution in [0.25, 0.3) is 0 Å². The number of para-hydroxylation sites is 1. The van der Waals surface area contributed by atoms with E-state index in [-0.39, 0.29) is 19.1 Å². The van der Waals surface area contributed by atoms with Gasteiger partial charge >= 0.3 is 5.97 Å². The fourth-order valence-corrected chi connectivity index (χ4v) is 2.19. The van der Waals surface area contributed by atoms with Gasteiger partial charge in [-0.2, -0.15) is 0 Å². The molecule has 19 heavy (non-hydrogen) atoms. The van der Waals surface area contributed by atoms with Crippen molar-refractivity contribution in [1.82, 2.24) is 4.90 Å². The summed E-state index contributed by atoms with van der Waals surface area (Å²) in [6, 6.07) is 6.26. The van der Waals surface area contributed by atoms with Crippen molar-refractivity contribution in [2.24, 2.45) is 5.92 Å². The van der Waals surface area contributed by atoms with Crippen molar-refractivity contribution in [2.45, 2.75) is 6.04 Å². The van der Waals surface area contributed by atoms with E-state index in [1.54, 1.807) is 31.3 Å². The Hall–Kier alpha value is -2.08. The molecule has 1 saturated heterocycles. The maximum atomic E-state index is 12.3. The second-order valence-electron chi connectivity index (χ2n) is 4.55. The number of benzene rings is 1. The van der Waals surface area contributed by atoms with Crippen LogP contribution >= 0.6 is 0 Å². The first-order chi connectivity index (χ1) is 9.02. The van der Waals surface area contributed by atoms with E-state index in [0.29, 0.717) is 11.3 Å². The van der Waals surface area contributed by atoms with Gasteiger partial charge in [-0.3, -0.25) is 9.59 Å². The van der Waals surface area contributed by atoms with Crippen LogP contribution in [0.15, 0.2) is 24.3 Å². The quantitative estimate of drug-likeness (QED) is 0.773. The molecule has 6 heteroatoms. The van der Waals surface area contributed by atoms with E-state index in [2.05, 4.69) is 0 Å². The number of carbonyl (C=O) groups is 2. The number of carboxylic acids is 1. The topological polar surface area (TPSA) is 92.9 Å². The van der Waals surface area contributed by atoms with Gasteiger partial charge in [0.15, 0.2) is 0 Å². The summed E-state index contributed by atoms with van der Waals surface area (Å²) in [5.74, 6) is -1.94. The predicted octanol–water partition coefficient (Wildman–Crippen LogP) is 0.440. The van der Waals surface area contributed by atoms with Crippen molar-refractivity contribution >= 4 is 17.6 Å². The highest BCUT2D eigenvalue weighted by Gasteiger charge is 2.38. The van der Waals surface area contributed by atoms with Crippen LogP contribution in [0.3, 0.4) is 0 Å². The van der Waals surface area contributed by atoms with Crippen molar-refractivity contribution in [2.75, 3.05) is 26.0 Å². The van der Waals surface area contributed by atoms with Gasteiger partial charge in [-0.1, -0.05) is 12.1 Å². The normalized spacial score (nSPS) is 22.2. The third-order valence-electron chi connectivity index (χ3n) is 3.38. The SMILES string of the molecule is CN(C(=O)c1ccccc1N)C1COCC1C(=O)O. The van der Waals surface area contributed by atoms with Crippen molar-refractivity contribution in [3.8, 4) is 0 Å². The van der Waals surface area contributed by atoms with Gasteiger partial charge in [0.05, 0.1) is 24.8 Å². The molecule has 1 aromatic rings. The van der Waals surface area contributed by atoms with Crippen molar-refractivity contribution in [1.29, 1.82) is 0 Å². The molecule has 2 atom stereocenters. The van der Waals surface area contributed by atoms with E-state index in [4.69, 9.17) is 15.6 Å². The highest BCUT2D eigenvalue weighted by molar-refractivity contribution is 5.99. The van der Waals surface area contributed by atoms with Gasteiger partial charge < -0.3 is 20.5 Å². The highest BCUT2D eigenvalue weighted by Crippen LogP contribution is 2.22. The van der Waals surface area contributed by atoms with E-state index in [1.807, 2.05) is 0 Å². The van der Waals surface area contributed by atoms with Crippen LogP contribution in [0, 0.1) is 5.92 Å². The Labute approximate surface area is 110 Å². The smallest absolute Gasteiger partial charge is 0.311 e. The molecular weight excluding hydrogens is 248 g/mol. The molecule has 1 aliphatic rings. The number of amides is 1. The minimum absolute atomic E-state index is 0.127. The Morgan fingerprint density at radius 3 is 2.68 bits per heavy atom. The number of nitrogen functional groups attached to an aromatic ring is 1. The van der Waals surface area contributed by atoms with E-state index < -0.39 is 17.9 Å². The number of ether oxygens (including phenoxy) is 1. The molecule has 1 fully saturated rings. The molecule has 6 nitrogen and oxygen atoms in total. The Kier molecular flexibility index (Phi) is 3.71. The third-order valence-corrected chi connectivity index (χ3v) is 3.38.